The van der Waals surface area contributed by atoms with Crippen molar-refractivity contribution in [3.63, 3.8) is 0 Å². The third-order valence-electron chi connectivity index (χ3n) is 4.21. The fourth-order valence-corrected chi connectivity index (χ4v) is 4.46. The number of anilines is 1. The second kappa shape index (κ2) is 8.48. The molecule has 0 unspecified atom stereocenters. The highest BCUT2D eigenvalue weighted by molar-refractivity contribution is 7.89. The fraction of sp³-hybridized carbons (Fsp3) is 0.294. The minimum atomic E-state index is -4.29. The molecule has 0 aliphatic carbocycles. The normalized spacial score (nSPS) is 16.1. The molecule has 1 N–H and O–H groups in total. The van der Waals surface area contributed by atoms with Crippen LogP contribution in [0, 0.1) is 11.6 Å². The van der Waals surface area contributed by atoms with Crippen LogP contribution in [-0.2, 0) is 14.8 Å². The van der Waals surface area contributed by atoms with Crippen LogP contribution in [0.1, 0.15) is 0 Å². The smallest absolute Gasteiger partial charge is 0.249 e. The summed E-state index contributed by atoms with van der Waals surface area (Å²) in [5.74, 6) is -2.22. The molecule has 2 heterocycles. The maximum Gasteiger partial charge on any atom is 0.249 e. The lowest BCUT2D eigenvalue weighted by Gasteiger charge is -2.33. The molecule has 1 saturated heterocycles. The second-order valence-corrected chi connectivity index (χ2v) is 8.45. The fourth-order valence-electron chi connectivity index (χ4n) is 2.82. The number of nitrogens with one attached hydrogen (secondary N) is 1. The Hall–Kier alpha value is -2.14. The van der Waals surface area contributed by atoms with Crippen molar-refractivity contribution >= 4 is 33.3 Å². The van der Waals surface area contributed by atoms with E-state index in [4.69, 9.17) is 11.6 Å². The predicted molar refractivity (Wildman–Crippen MR) is 99.4 cm³/mol. The lowest BCUT2D eigenvalue weighted by atomic mass is 10.3. The zero-order chi connectivity index (χ0) is 20.3. The number of hydrogen-bond acceptors (Lipinski definition) is 5. The van der Waals surface area contributed by atoms with Gasteiger partial charge in [-0.2, -0.15) is 4.31 Å². The summed E-state index contributed by atoms with van der Waals surface area (Å²) in [6.45, 7) is 0.560. The number of carbonyl (C=O) groups excluding carboxylic acids is 1. The standard InChI is InChI=1S/C17H17ClF2N4O3S/c18-12-4-5-15(21-10-12)22-16(25)11-23-6-8-24(9-7-23)28(26,27)17-13(19)2-1-3-14(17)20/h1-5,10H,6-9,11H2,(H,21,22,25). The van der Waals surface area contributed by atoms with Crippen LogP contribution in [0.5, 0.6) is 0 Å². The van der Waals surface area contributed by atoms with Crippen molar-refractivity contribution in [1.82, 2.24) is 14.2 Å². The van der Waals surface area contributed by atoms with E-state index in [1.54, 1.807) is 17.0 Å². The molecule has 1 fully saturated rings. The Morgan fingerprint density at radius 3 is 2.32 bits per heavy atom. The number of carbonyl (C=O) groups is 1. The monoisotopic (exact) mass is 430 g/mol. The van der Waals surface area contributed by atoms with Crippen molar-refractivity contribution in [2.45, 2.75) is 4.90 Å². The van der Waals surface area contributed by atoms with Gasteiger partial charge in [0.15, 0.2) is 4.90 Å². The molecule has 0 spiro atoms. The Morgan fingerprint density at radius 2 is 1.75 bits per heavy atom. The topological polar surface area (TPSA) is 82.6 Å². The summed E-state index contributed by atoms with van der Waals surface area (Å²) >= 11 is 5.73. The van der Waals surface area contributed by atoms with Gasteiger partial charge >= 0.3 is 0 Å². The molecular formula is C17H17ClF2N4O3S. The maximum atomic E-state index is 13.9. The summed E-state index contributed by atoms with van der Waals surface area (Å²) in [6, 6.07) is 6.07. The first kappa shape index (κ1) is 20.6. The minimum absolute atomic E-state index is 0.0165. The molecule has 7 nitrogen and oxygen atoms in total. The van der Waals surface area contributed by atoms with E-state index in [1.165, 1.54) is 6.20 Å². The first-order valence-corrected chi connectivity index (χ1v) is 10.2. The highest BCUT2D eigenvalue weighted by Crippen LogP contribution is 2.23. The van der Waals surface area contributed by atoms with E-state index in [2.05, 4.69) is 10.3 Å². The molecule has 1 aliphatic rings. The Kier molecular flexibility index (Phi) is 6.23. The molecule has 0 saturated carbocycles. The van der Waals surface area contributed by atoms with E-state index in [0.717, 1.165) is 22.5 Å². The molecule has 3 rings (SSSR count). The summed E-state index contributed by atoms with van der Waals surface area (Å²) < 4.78 is 53.8. The largest absolute Gasteiger partial charge is 0.310 e. The number of amides is 1. The first-order valence-electron chi connectivity index (χ1n) is 8.35. The molecule has 0 radical (unpaired) electrons. The van der Waals surface area contributed by atoms with Gasteiger partial charge in [0.25, 0.3) is 0 Å². The van der Waals surface area contributed by atoms with Crippen LogP contribution in [0.4, 0.5) is 14.6 Å². The molecule has 0 bridgehead atoms. The zero-order valence-electron chi connectivity index (χ0n) is 14.6. The number of pyridine rings is 1. The Bertz CT molecular complexity index is 945. The number of halogens is 3. The molecule has 1 aromatic carbocycles. The quantitative estimate of drug-likeness (QED) is 0.784. The van der Waals surface area contributed by atoms with Crippen LogP contribution in [0.2, 0.25) is 5.02 Å². The van der Waals surface area contributed by atoms with E-state index in [-0.39, 0.29) is 38.6 Å². The van der Waals surface area contributed by atoms with Crippen LogP contribution in [0.15, 0.2) is 41.4 Å². The van der Waals surface area contributed by atoms with Crippen LogP contribution >= 0.6 is 11.6 Å². The van der Waals surface area contributed by atoms with Crippen molar-refractivity contribution in [3.8, 4) is 0 Å². The third-order valence-corrected chi connectivity index (χ3v) is 6.38. The molecular weight excluding hydrogens is 414 g/mol. The molecule has 1 aromatic heterocycles. The van der Waals surface area contributed by atoms with Crippen molar-refractivity contribution in [1.29, 1.82) is 0 Å². The van der Waals surface area contributed by atoms with E-state index >= 15 is 0 Å². The highest BCUT2D eigenvalue weighted by Gasteiger charge is 2.33. The molecule has 28 heavy (non-hydrogen) atoms. The molecule has 11 heteroatoms. The summed E-state index contributed by atoms with van der Waals surface area (Å²) in [6.07, 6.45) is 1.41. The Labute approximate surface area is 166 Å². The van der Waals surface area contributed by atoms with Gasteiger partial charge in [-0.15, -0.1) is 0 Å². The van der Waals surface area contributed by atoms with Crippen LogP contribution in [0.25, 0.3) is 0 Å². The number of sulfonamides is 1. The van der Waals surface area contributed by atoms with Gasteiger partial charge in [-0.25, -0.2) is 22.2 Å². The molecule has 0 atom stereocenters. The van der Waals surface area contributed by atoms with E-state index < -0.39 is 26.6 Å². The molecule has 2 aromatic rings. The maximum absolute atomic E-state index is 13.9. The van der Waals surface area contributed by atoms with Gasteiger partial charge in [-0.05, 0) is 24.3 Å². The molecule has 1 aliphatic heterocycles. The number of nitrogens with zero attached hydrogens (tertiary/aromatic N) is 3. The van der Waals surface area contributed by atoms with Crippen molar-refractivity contribution < 1.29 is 22.0 Å². The Balaban J connectivity index is 1.58. The number of rotatable bonds is 5. The molecule has 150 valence electrons. The minimum Gasteiger partial charge on any atom is -0.310 e. The average molecular weight is 431 g/mol. The van der Waals surface area contributed by atoms with Crippen molar-refractivity contribution in [2.24, 2.45) is 0 Å². The van der Waals surface area contributed by atoms with Crippen LogP contribution < -0.4 is 5.32 Å². The SMILES string of the molecule is O=C(CN1CCN(S(=O)(=O)c2c(F)cccc2F)CC1)Nc1ccc(Cl)cn1. The first-order chi connectivity index (χ1) is 13.3. The average Bonchev–Trinajstić information content (AvgIpc) is 2.64. The lowest BCUT2D eigenvalue weighted by molar-refractivity contribution is -0.117. The molecule has 1 amide bonds. The second-order valence-electron chi connectivity index (χ2n) is 6.14. The number of hydrogen-bond donors (Lipinski definition) is 1. The van der Waals surface area contributed by atoms with Crippen molar-refractivity contribution in [2.75, 3.05) is 38.0 Å². The van der Waals surface area contributed by atoms with E-state index in [1.807, 2.05) is 0 Å². The van der Waals surface area contributed by atoms with E-state index in [9.17, 15) is 22.0 Å². The zero-order valence-corrected chi connectivity index (χ0v) is 16.2. The summed E-state index contributed by atoms with van der Waals surface area (Å²) in [5, 5.41) is 3.06. The number of aromatic nitrogens is 1. The summed E-state index contributed by atoms with van der Waals surface area (Å²) in [7, 11) is -4.29. The highest BCUT2D eigenvalue weighted by atomic mass is 35.5. The van der Waals surface area contributed by atoms with Crippen LogP contribution in [-0.4, -0.2) is 61.2 Å². The number of piperazine rings is 1. The predicted octanol–water partition coefficient (Wildman–Crippen LogP) is 1.96. The van der Waals surface area contributed by atoms with Gasteiger partial charge < -0.3 is 5.32 Å². The third kappa shape index (κ3) is 4.64. The number of benzene rings is 1. The summed E-state index contributed by atoms with van der Waals surface area (Å²) in [4.78, 5) is 16.9. The lowest BCUT2D eigenvalue weighted by Crippen LogP contribution is -2.50. The van der Waals surface area contributed by atoms with Gasteiger partial charge in [-0.3, -0.25) is 9.69 Å². The van der Waals surface area contributed by atoms with Gasteiger partial charge in [0, 0.05) is 32.4 Å². The van der Waals surface area contributed by atoms with Crippen molar-refractivity contribution in [3.05, 3.63) is 53.2 Å². The van der Waals surface area contributed by atoms with Gasteiger partial charge in [-0.1, -0.05) is 17.7 Å². The van der Waals surface area contributed by atoms with Gasteiger partial charge in [0.05, 0.1) is 11.6 Å². The Morgan fingerprint density at radius 1 is 1.11 bits per heavy atom. The van der Waals surface area contributed by atoms with E-state index in [0.29, 0.717) is 10.8 Å². The van der Waals surface area contributed by atoms with Crippen LogP contribution in [0.3, 0.4) is 0 Å². The van der Waals surface area contributed by atoms with Gasteiger partial charge in [0.1, 0.15) is 17.5 Å². The summed E-state index contributed by atoms with van der Waals surface area (Å²) in [5.41, 5.74) is 0. The van der Waals surface area contributed by atoms with Gasteiger partial charge in [0.2, 0.25) is 15.9 Å².